The lowest BCUT2D eigenvalue weighted by Gasteiger charge is -1.99. The topological polar surface area (TPSA) is 63.3 Å². The number of carbonyl (C=O) groups is 1. The number of aromatic nitrogens is 1. The number of carboxylic acid groups (broad SMARTS) is 1. The summed E-state index contributed by atoms with van der Waals surface area (Å²) >= 11 is 0. The fourth-order valence-corrected chi connectivity index (χ4v) is 1.75. The maximum Gasteiger partial charge on any atom is 0.373 e. The second kappa shape index (κ2) is 4.28. The third kappa shape index (κ3) is 2.62. The standard InChI is InChI=1S/C12H17NO3/c1-7(2)5-9-11(12(14)15)16-10(13-9)6-8-3-4-8/h7-8H,3-6H2,1-2H3,(H,14,15). The maximum absolute atomic E-state index is 11.0. The van der Waals surface area contributed by atoms with Gasteiger partial charge < -0.3 is 9.52 Å². The summed E-state index contributed by atoms with van der Waals surface area (Å²) in [7, 11) is 0. The maximum atomic E-state index is 11.0. The molecule has 0 atom stereocenters. The van der Waals surface area contributed by atoms with E-state index in [4.69, 9.17) is 9.52 Å². The summed E-state index contributed by atoms with van der Waals surface area (Å²) in [5, 5.41) is 9.01. The molecule has 0 spiro atoms. The van der Waals surface area contributed by atoms with E-state index >= 15 is 0 Å². The zero-order valence-corrected chi connectivity index (χ0v) is 9.69. The fraction of sp³-hybridized carbons (Fsp3) is 0.667. The monoisotopic (exact) mass is 223 g/mol. The van der Waals surface area contributed by atoms with E-state index in [9.17, 15) is 4.79 Å². The van der Waals surface area contributed by atoms with Crippen LogP contribution in [-0.4, -0.2) is 16.1 Å². The molecule has 1 aromatic heterocycles. The third-order valence-electron chi connectivity index (χ3n) is 2.70. The van der Waals surface area contributed by atoms with Crippen molar-refractivity contribution in [3.63, 3.8) is 0 Å². The van der Waals surface area contributed by atoms with Gasteiger partial charge in [-0.2, -0.15) is 0 Å². The summed E-state index contributed by atoms with van der Waals surface area (Å²) in [6.07, 6.45) is 3.88. The van der Waals surface area contributed by atoms with Gasteiger partial charge in [0, 0.05) is 6.42 Å². The van der Waals surface area contributed by atoms with E-state index in [1.54, 1.807) is 0 Å². The minimum atomic E-state index is -1.01. The minimum absolute atomic E-state index is 0.0318. The highest BCUT2D eigenvalue weighted by molar-refractivity contribution is 5.85. The second-order valence-electron chi connectivity index (χ2n) is 4.93. The molecule has 88 valence electrons. The number of carboxylic acids is 1. The molecule has 1 saturated carbocycles. The summed E-state index contributed by atoms with van der Waals surface area (Å²) in [6.45, 7) is 4.09. The van der Waals surface area contributed by atoms with Gasteiger partial charge in [0.05, 0.1) is 5.69 Å². The molecule has 0 unspecified atom stereocenters. The van der Waals surface area contributed by atoms with Gasteiger partial charge in [0.1, 0.15) is 0 Å². The molecule has 0 amide bonds. The molecule has 0 aromatic carbocycles. The molecule has 1 fully saturated rings. The van der Waals surface area contributed by atoms with Crippen LogP contribution in [0.4, 0.5) is 0 Å². The lowest BCUT2D eigenvalue weighted by molar-refractivity contribution is 0.0658. The van der Waals surface area contributed by atoms with Crippen molar-refractivity contribution in [1.82, 2.24) is 4.98 Å². The number of rotatable bonds is 5. The van der Waals surface area contributed by atoms with Crippen LogP contribution in [0.3, 0.4) is 0 Å². The Morgan fingerprint density at radius 1 is 1.56 bits per heavy atom. The molecule has 4 nitrogen and oxygen atoms in total. The van der Waals surface area contributed by atoms with Crippen LogP contribution in [0.2, 0.25) is 0 Å². The Morgan fingerprint density at radius 3 is 2.75 bits per heavy atom. The van der Waals surface area contributed by atoms with Gasteiger partial charge in [-0.1, -0.05) is 13.8 Å². The van der Waals surface area contributed by atoms with E-state index in [-0.39, 0.29) is 5.76 Å². The Morgan fingerprint density at radius 2 is 2.25 bits per heavy atom. The van der Waals surface area contributed by atoms with Crippen molar-refractivity contribution in [1.29, 1.82) is 0 Å². The normalized spacial score (nSPS) is 15.7. The van der Waals surface area contributed by atoms with Gasteiger partial charge in [-0.25, -0.2) is 9.78 Å². The van der Waals surface area contributed by atoms with Crippen molar-refractivity contribution < 1.29 is 14.3 Å². The summed E-state index contributed by atoms with van der Waals surface area (Å²) in [6, 6.07) is 0. The summed E-state index contributed by atoms with van der Waals surface area (Å²) in [4.78, 5) is 15.3. The second-order valence-corrected chi connectivity index (χ2v) is 4.93. The first-order chi connectivity index (χ1) is 7.56. The van der Waals surface area contributed by atoms with Crippen LogP contribution >= 0.6 is 0 Å². The Labute approximate surface area is 94.7 Å². The van der Waals surface area contributed by atoms with Crippen LogP contribution in [0.25, 0.3) is 0 Å². The smallest absolute Gasteiger partial charge is 0.373 e. The first kappa shape index (κ1) is 11.2. The lowest BCUT2D eigenvalue weighted by Crippen LogP contribution is -2.03. The van der Waals surface area contributed by atoms with Gasteiger partial charge >= 0.3 is 5.97 Å². The lowest BCUT2D eigenvalue weighted by atomic mass is 10.1. The largest absolute Gasteiger partial charge is 0.475 e. The highest BCUT2D eigenvalue weighted by Crippen LogP contribution is 2.32. The quantitative estimate of drug-likeness (QED) is 0.833. The molecule has 2 rings (SSSR count). The van der Waals surface area contributed by atoms with E-state index in [1.165, 1.54) is 12.8 Å². The molecule has 0 aliphatic heterocycles. The number of hydrogen-bond donors (Lipinski definition) is 1. The SMILES string of the molecule is CC(C)Cc1nc(CC2CC2)oc1C(=O)O. The minimum Gasteiger partial charge on any atom is -0.475 e. The predicted molar refractivity (Wildman–Crippen MR) is 58.4 cm³/mol. The summed E-state index contributed by atoms with van der Waals surface area (Å²) < 4.78 is 5.32. The Hall–Kier alpha value is -1.32. The van der Waals surface area contributed by atoms with Crippen molar-refractivity contribution in [2.45, 2.75) is 39.5 Å². The van der Waals surface area contributed by atoms with E-state index in [1.807, 2.05) is 13.8 Å². The molecule has 16 heavy (non-hydrogen) atoms. The molecular formula is C12H17NO3. The molecule has 1 N–H and O–H groups in total. The number of hydrogen-bond acceptors (Lipinski definition) is 3. The molecule has 4 heteroatoms. The van der Waals surface area contributed by atoms with Crippen molar-refractivity contribution in [3.05, 3.63) is 17.3 Å². The highest BCUT2D eigenvalue weighted by atomic mass is 16.4. The average molecular weight is 223 g/mol. The van der Waals surface area contributed by atoms with Gasteiger partial charge in [0.2, 0.25) is 5.76 Å². The summed E-state index contributed by atoms with van der Waals surface area (Å²) in [5.41, 5.74) is 0.596. The van der Waals surface area contributed by atoms with Gasteiger partial charge in [0.15, 0.2) is 5.89 Å². The molecule has 0 saturated heterocycles. The number of aromatic carboxylic acids is 1. The fourth-order valence-electron chi connectivity index (χ4n) is 1.75. The molecule has 1 aromatic rings. The van der Waals surface area contributed by atoms with Gasteiger partial charge in [-0.15, -0.1) is 0 Å². The predicted octanol–water partition coefficient (Wildman–Crippen LogP) is 2.52. The first-order valence-electron chi connectivity index (χ1n) is 5.78. The van der Waals surface area contributed by atoms with Crippen LogP contribution < -0.4 is 0 Å². The van der Waals surface area contributed by atoms with Crippen LogP contribution in [0, 0.1) is 11.8 Å². The average Bonchev–Trinajstić information content (AvgIpc) is 2.87. The number of oxazole rings is 1. The molecule has 0 radical (unpaired) electrons. The zero-order valence-electron chi connectivity index (χ0n) is 9.69. The molecule has 1 aliphatic rings. The zero-order chi connectivity index (χ0) is 11.7. The number of nitrogens with zero attached hydrogens (tertiary/aromatic N) is 1. The van der Waals surface area contributed by atoms with Crippen molar-refractivity contribution in [2.75, 3.05) is 0 Å². The third-order valence-corrected chi connectivity index (χ3v) is 2.70. The summed E-state index contributed by atoms with van der Waals surface area (Å²) in [5.74, 6) is 0.661. The van der Waals surface area contributed by atoms with E-state index in [2.05, 4.69) is 4.98 Å². The van der Waals surface area contributed by atoms with Crippen LogP contribution in [0.5, 0.6) is 0 Å². The van der Waals surface area contributed by atoms with Gasteiger partial charge in [0.25, 0.3) is 0 Å². The van der Waals surface area contributed by atoms with E-state index in [0.717, 1.165) is 6.42 Å². The van der Waals surface area contributed by atoms with Crippen LogP contribution in [0.1, 0.15) is 48.8 Å². The molecule has 1 heterocycles. The highest BCUT2D eigenvalue weighted by Gasteiger charge is 2.26. The molecular weight excluding hydrogens is 206 g/mol. The van der Waals surface area contributed by atoms with Gasteiger partial charge in [-0.3, -0.25) is 0 Å². The molecule has 0 bridgehead atoms. The van der Waals surface area contributed by atoms with E-state index in [0.29, 0.717) is 29.8 Å². The van der Waals surface area contributed by atoms with Crippen LogP contribution in [0.15, 0.2) is 4.42 Å². The Kier molecular flexibility index (Phi) is 2.99. The molecule has 1 aliphatic carbocycles. The Bertz CT molecular complexity index is 391. The van der Waals surface area contributed by atoms with Gasteiger partial charge in [-0.05, 0) is 31.1 Å². The Balaban J connectivity index is 2.18. The van der Waals surface area contributed by atoms with Crippen LogP contribution in [-0.2, 0) is 12.8 Å². The van der Waals surface area contributed by atoms with Crippen molar-refractivity contribution >= 4 is 5.97 Å². The van der Waals surface area contributed by atoms with Crippen molar-refractivity contribution in [2.24, 2.45) is 11.8 Å². The van der Waals surface area contributed by atoms with Crippen molar-refractivity contribution in [3.8, 4) is 0 Å². The van der Waals surface area contributed by atoms with E-state index < -0.39 is 5.97 Å². The first-order valence-corrected chi connectivity index (χ1v) is 5.78.